The van der Waals surface area contributed by atoms with Gasteiger partial charge in [-0.25, -0.2) is 13.1 Å². The number of sulfonamides is 1. The van der Waals surface area contributed by atoms with E-state index in [2.05, 4.69) is 21.8 Å². The molecular formula is C21H28N2O4S. The highest BCUT2D eigenvalue weighted by Gasteiger charge is 2.20. The minimum Gasteiger partial charge on any atom is -0.497 e. The number of hydrogen-bond acceptors (Lipinski definition) is 5. The summed E-state index contributed by atoms with van der Waals surface area (Å²) in [6, 6.07) is 11.5. The molecule has 28 heavy (non-hydrogen) atoms. The molecule has 152 valence electrons. The first-order chi connectivity index (χ1) is 13.4. The summed E-state index contributed by atoms with van der Waals surface area (Å²) >= 11 is 0. The molecule has 1 heterocycles. The average Bonchev–Trinajstić information content (AvgIpc) is 2.67. The van der Waals surface area contributed by atoms with E-state index in [1.165, 1.54) is 5.56 Å². The molecule has 3 rings (SSSR count). The van der Waals surface area contributed by atoms with Crippen LogP contribution in [-0.4, -0.2) is 46.7 Å². The Morgan fingerprint density at radius 3 is 2.36 bits per heavy atom. The summed E-state index contributed by atoms with van der Waals surface area (Å²) in [5, 5.41) is 0. The van der Waals surface area contributed by atoms with Crippen LogP contribution < -0.4 is 9.46 Å². The Balaban J connectivity index is 1.70. The van der Waals surface area contributed by atoms with Crippen LogP contribution in [0.25, 0.3) is 0 Å². The van der Waals surface area contributed by atoms with Crippen molar-refractivity contribution >= 4 is 10.0 Å². The molecule has 6 nitrogen and oxygen atoms in total. The number of ether oxygens (including phenoxy) is 2. The van der Waals surface area contributed by atoms with Gasteiger partial charge in [0.1, 0.15) is 5.75 Å². The van der Waals surface area contributed by atoms with Gasteiger partial charge in [-0.3, -0.25) is 4.90 Å². The normalized spacial score (nSPS) is 15.5. The van der Waals surface area contributed by atoms with Crippen LogP contribution in [0.1, 0.15) is 22.3 Å². The molecule has 2 aromatic carbocycles. The highest BCUT2D eigenvalue weighted by Crippen LogP contribution is 2.25. The number of morpholine rings is 1. The number of nitrogens with one attached hydrogen (secondary N) is 1. The monoisotopic (exact) mass is 404 g/mol. The molecule has 0 atom stereocenters. The first-order valence-corrected chi connectivity index (χ1v) is 10.9. The largest absolute Gasteiger partial charge is 0.497 e. The standard InChI is InChI=1S/C21H28N2O4S/c1-16-11-20(26-3)12-17(2)21(16)28(24,25)22-14-18-5-4-6-19(13-18)15-23-7-9-27-10-8-23/h4-6,11-13,22H,7-10,14-15H2,1-3H3. The lowest BCUT2D eigenvalue weighted by Gasteiger charge is -2.26. The summed E-state index contributed by atoms with van der Waals surface area (Å²) in [5.41, 5.74) is 3.46. The number of nitrogens with zero attached hydrogens (tertiary/aromatic N) is 1. The van der Waals surface area contributed by atoms with Crippen LogP contribution >= 0.6 is 0 Å². The van der Waals surface area contributed by atoms with Gasteiger partial charge in [-0.15, -0.1) is 0 Å². The van der Waals surface area contributed by atoms with Gasteiger partial charge < -0.3 is 9.47 Å². The van der Waals surface area contributed by atoms with E-state index in [4.69, 9.17) is 9.47 Å². The smallest absolute Gasteiger partial charge is 0.241 e. The molecular weight excluding hydrogens is 376 g/mol. The second kappa shape index (κ2) is 9.05. The fraction of sp³-hybridized carbons (Fsp3) is 0.429. The molecule has 0 bridgehead atoms. The van der Waals surface area contributed by atoms with Crippen molar-refractivity contribution in [3.8, 4) is 5.75 Å². The average molecular weight is 405 g/mol. The quantitative estimate of drug-likeness (QED) is 0.768. The Kier molecular flexibility index (Phi) is 6.72. The zero-order valence-electron chi connectivity index (χ0n) is 16.7. The Morgan fingerprint density at radius 1 is 1.07 bits per heavy atom. The van der Waals surface area contributed by atoms with Crippen molar-refractivity contribution in [3.05, 3.63) is 58.7 Å². The maximum absolute atomic E-state index is 12.9. The molecule has 7 heteroatoms. The predicted octanol–water partition coefficient (Wildman–Crippen LogP) is 2.62. The van der Waals surface area contributed by atoms with E-state index in [0.29, 0.717) is 21.8 Å². The SMILES string of the molecule is COc1cc(C)c(S(=O)(=O)NCc2cccc(CN3CCOCC3)c2)c(C)c1. The summed E-state index contributed by atoms with van der Waals surface area (Å²) in [6.07, 6.45) is 0. The second-order valence-electron chi connectivity index (χ2n) is 7.12. The van der Waals surface area contributed by atoms with Crippen LogP contribution in [0.15, 0.2) is 41.3 Å². The van der Waals surface area contributed by atoms with Crippen molar-refractivity contribution in [3.63, 3.8) is 0 Å². The van der Waals surface area contributed by atoms with E-state index >= 15 is 0 Å². The fourth-order valence-electron chi connectivity index (χ4n) is 3.56. The fourth-order valence-corrected chi connectivity index (χ4v) is 5.02. The van der Waals surface area contributed by atoms with E-state index in [9.17, 15) is 8.42 Å². The predicted molar refractivity (Wildman–Crippen MR) is 109 cm³/mol. The molecule has 0 aliphatic carbocycles. The second-order valence-corrected chi connectivity index (χ2v) is 8.83. The van der Waals surface area contributed by atoms with Crippen molar-refractivity contribution in [1.82, 2.24) is 9.62 Å². The highest BCUT2D eigenvalue weighted by atomic mass is 32.2. The summed E-state index contributed by atoms with van der Waals surface area (Å²) in [5.74, 6) is 0.657. The number of rotatable bonds is 7. The van der Waals surface area contributed by atoms with E-state index in [1.807, 2.05) is 12.1 Å². The number of hydrogen-bond donors (Lipinski definition) is 1. The van der Waals surface area contributed by atoms with E-state index < -0.39 is 10.0 Å². The third-order valence-corrected chi connectivity index (χ3v) is 6.61. The Morgan fingerprint density at radius 2 is 1.71 bits per heavy atom. The number of benzene rings is 2. The van der Waals surface area contributed by atoms with Gasteiger partial charge in [0.25, 0.3) is 0 Å². The van der Waals surface area contributed by atoms with Gasteiger partial charge >= 0.3 is 0 Å². The Bertz CT molecular complexity index is 899. The minimum atomic E-state index is -3.62. The number of aryl methyl sites for hydroxylation is 2. The first kappa shape index (κ1) is 20.8. The van der Waals surface area contributed by atoms with Crippen LogP contribution in [-0.2, 0) is 27.8 Å². The van der Waals surface area contributed by atoms with Gasteiger partial charge in [-0.1, -0.05) is 24.3 Å². The molecule has 0 saturated carbocycles. The number of methoxy groups -OCH3 is 1. The van der Waals surface area contributed by atoms with E-state index in [1.54, 1.807) is 33.1 Å². The van der Waals surface area contributed by atoms with Crippen molar-refractivity contribution in [2.45, 2.75) is 31.8 Å². The lowest BCUT2D eigenvalue weighted by Crippen LogP contribution is -2.35. The maximum Gasteiger partial charge on any atom is 0.241 e. The summed E-state index contributed by atoms with van der Waals surface area (Å²) in [6.45, 7) is 8.05. The first-order valence-electron chi connectivity index (χ1n) is 9.42. The molecule has 1 aliphatic rings. The van der Waals surface area contributed by atoms with Gasteiger partial charge in [-0.2, -0.15) is 0 Å². The Labute approximate surface area is 167 Å². The minimum absolute atomic E-state index is 0.254. The summed E-state index contributed by atoms with van der Waals surface area (Å²) in [4.78, 5) is 2.66. The molecule has 0 aromatic heterocycles. The van der Waals surface area contributed by atoms with Crippen molar-refractivity contribution in [2.24, 2.45) is 0 Å². The molecule has 2 aromatic rings. The molecule has 0 spiro atoms. The zero-order chi connectivity index (χ0) is 20.1. The van der Waals surface area contributed by atoms with Crippen molar-refractivity contribution in [2.75, 3.05) is 33.4 Å². The van der Waals surface area contributed by atoms with Gasteiger partial charge in [0, 0.05) is 26.2 Å². The van der Waals surface area contributed by atoms with Crippen molar-refractivity contribution < 1.29 is 17.9 Å². The van der Waals surface area contributed by atoms with Crippen LogP contribution in [0.2, 0.25) is 0 Å². The van der Waals surface area contributed by atoms with Gasteiger partial charge in [-0.05, 0) is 48.2 Å². The van der Waals surface area contributed by atoms with Crippen LogP contribution in [0.5, 0.6) is 5.75 Å². The molecule has 1 aliphatic heterocycles. The molecule has 1 N–H and O–H groups in total. The van der Waals surface area contributed by atoms with E-state index in [-0.39, 0.29) is 6.54 Å². The molecule has 1 saturated heterocycles. The molecule has 0 unspecified atom stereocenters. The van der Waals surface area contributed by atoms with Crippen LogP contribution in [0.3, 0.4) is 0 Å². The topological polar surface area (TPSA) is 67.9 Å². The van der Waals surface area contributed by atoms with Crippen molar-refractivity contribution in [1.29, 1.82) is 0 Å². The third-order valence-electron chi connectivity index (χ3n) is 4.91. The highest BCUT2D eigenvalue weighted by molar-refractivity contribution is 7.89. The maximum atomic E-state index is 12.9. The van der Waals surface area contributed by atoms with Crippen LogP contribution in [0, 0.1) is 13.8 Å². The van der Waals surface area contributed by atoms with Gasteiger partial charge in [0.2, 0.25) is 10.0 Å². The van der Waals surface area contributed by atoms with Crippen LogP contribution in [0.4, 0.5) is 0 Å². The lowest BCUT2D eigenvalue weighted by molar-refractivity contribution is 0.0342. The third kappa shape index (κ3) is 5.11. The van der Waals surface area contributed by atoms with Gasteiger partial charge in [0.05, 0.1) is 25.2 Å². The lowest BCUT2D eigenvalue weighted by atomic mass is 10.1. The van der Waals surface area contributed by atoms with E-state index in [0.717, 1.165) is 38.4 Å². The zero-order valence-corrected chi connectivity index (χ0v) is 17.5. The van der Waals surface area contributed by atoms with Gasteiger partial charge in [0.15, 0.2) is 0 Å². The molecule has 0 radical (unpaired) electrons. The Hall–Kier alpha value is -1.93. The summed E-state index contributed by atoms with van der Waals surface area (Å²) < 4.78 is 39.1. The molecule has 1 fully saturated rings. The summed E-state index contributed by atoms with van der Waals surface area (Å²) in [7, 11) is -2.04. The molecule has 0 amide bonds.